The van der Waals surface area contributed by atoms with Crippen LogP contribution in [-0.4, -0.2) is 29.4 Å². The van der Waals surface area contributed by atoms with Crippen LogP contribution in [-0.2, 0) is 4.79 Å². The Balaban J connectivity index is 0.00000208. The summed E-state index contributed by atoms with van der Waals surface area (Å²) in [4.78, 5) is 16.2. The minimum atomic E-state index is -2.84. The van der Waals surface area contributed by atoms with Gasteiger partial charge in [-0.2, -0.15) is 0 Å². The Morgan fingerprint density at radius 2 is 2.12 bits per heavy atom. The van der Waals surface area contributed by atoms with E-state index >= 15 is 0 Å². The summed E-state index contributed by atoms with van der Waals surface area (Å²) in [5.74, 6) is -2.39. The second kappa shape index (κ2) is 7.27. The van der Waals surface area contributed by atoms with E-state index in [0.717, 1.165) is 5.56 Å². The zero-order valence-corrected chi connectivity index (χ0v) is 13.8. The van der Waals surface area contributed by atoms with Crippen molar-refractivity contribution >= 4 is 18.3 Å². The van der Waals surface area contributed by atoms with Crippen molar-refractivity contribution in [1.82, 2.24) is 15.6 Å². The lowest BCUT2D eigenvalue weighted by Crippen LogP contribution is -2.41. The Kier molecular flexibility index (Phi) is 5.56. The topological polar surface area (TPSA) is 67.2 Å². The van der Waals surface area contributed by atoms with Gasteiger partial charge in [-0.05, 0) is 6.92 Å². The lowest BCUT2D eigenvalue weighted by atomic mass is 10.1. The van der Waals surface area contributed by atoms with Crippen molar-refractivity contribution in [3.05, 3.63) is 42.4 Å². The number of carbonyl (C=O) groups is 1. The summed E-state index contributed by atoms with van der Waals surface area (Å²) in [7, 11) is 0. The number of nitrogens with one attached hydrogen (secondary N) is 2. The van der Waals surface area contributed by atoms with Crippen molar-refractivity contribution in [1.29, 1.82) is 0 Å². The van der Waals surface area contributed by atoms with Crippen molar-refractivity contribution in [2.45, 2.75) is 31.4 Å². The van der Waals surface area contributed by atoms with Gasteiger partial charge in [0.1, 0.15) is 6.04 Å². The molecule has 1 aromatic heterocycles. The normalized spacial score (nSPS) is 20.2. The lowest BCUT2D eigenvalue weighted by molar-refractivity contribution is -0.124. The highest BCUT2D eigenvalue weighted by molar-refractivity contribution is 5.85. The van der Waals surface area contributed by atoms with Crippen LogP contribution in [0, 0.1) is 0 Å². The van der Waals surface area contributed by atoms with Crippen LogP contribution in [0.25, 0.3) is 11.3 Å². The van der Waals surface area contributed by atoms with Crippen LogP contribution in [0.15, 0.2) is 40.9 Å². The molecule has 1 aliphatic rings. The van der Waals surface area contributed by atoms with Gasteiger partial charge in [-0.3, -0.25) is 10.1 Å². The number of halogens is 3. The molecule has 3 rings (SSSR count). The highest BCUT2D eigenvalue weighted by atomic mass is 35.5. The quantitative estimate of drug-likeness (QED) is 0.883. The van der Waals surface area contributed by atoms with Crippen LogP contribution in [0.2, 0.25) is 0 Å². The predicted molar refractivity (Wildman–Crippen MR) is 87.1 cm³/mol. The molecule has 1 saturated heterocycles. The third kappa shape index (κ3) is 4.10. The third-order valence-corrected chi connectivity index (χ3v) is 3.74. The first-order chi connectivity index (χ1) is 10.9. The van der Waals surface area contributed by atoms with Crippen molar-refractivity contribution in [2.24, 2.45) is 0 Å². The fourth-order valence-corrected chi connectivity index (χ4v) is 2.50. The monoisotopic (exact) mass is 357 g/mol. The van der Waals surface area contributed by atoms with Gasteiger partial charge in [0.25, 0.3) is 5.92 Å². The number of hydrogen-bond donors (Lipinski definition) is 2. The van der Waals surface area contributed by atoms with Gasteiger partial charge >= 0.3 is 0 Å². The van der Waals surface area contributed by atoms with Gasteiger partial charge in [0.2, 0.25) is 11.8 Å². The van der Waals surface area contributed by atoms with Crippen molar-refractivity contribution in [3.8, 4) is 11.3 Å². The zero-order chi connectivity index (χ0) is 16.4. The molecule has 0 bridgehead atoms. The molecule has 1 aliphatic heterocycles. The van der Waals surface area contributed by atoms with E-state index in [9.17, 15) is 13.6 Å². The van der Waals surface area contributed by atoms with Crippen molar-refractivity contribution in [3.63, 3.8) is 0 Å². The largest absolute Gasteiger partial charge is 0.438 e. The highest BCUT2D eigenvalue weighted by Gasteiger charge is 2.42. The molecule has 130 valence electrons. The first kappa shape index (κ1) is 18.4. The van der Waals surface area contributed by atoms with E-state index in [1.165, 1.54) is 0 Å². The minimum absolute atomic E-state index is 0. The number of hydrogen-bond acceptors (Lipinski definition) is 4. The Labute approximate surface area is 144 Å². The molecular weight excluding hydrogens is 340 g/mol. The molecule has 1 amide bonds. The molecule has 0 spiro atoms. The third-order valence-electron chi connectivity index (χ3n) is 3.74. The number of rotatable bonds is 4. The Hall–Kier alpha value is -1.99. The Morgan fingerprint density at radius 3 is 2.75 bits per heavy atom. The summed E-state index contributed by atoms with van der Waals surface area (Å²) in [5.41, 5.74) is 0.877. The number of aromatic nitrogens is 1. The smallest absolute Gasteiger partial charge is 0.262 e. The predicted octanol–water partition coefficient (Wildman–Crippen LogP) is 2.94. The van der Waals surface area contributed by atoms with Gasteiger partial charge < -0.3 is 9.73 Å². The summed E-state index contributed by atoms with van der Waals surface area (Å²) in [5, 5.41) is 5.17. The standard InChI is InChI=1S/C16H17F2N3O2.ClH/c1-10(21-14(22)12-7-16(17,18)9-20-12)15-19-8-13(23-15)11-5-3-2-4-6-11;/h2-6,8,10,12,20H,7,9H2,1H3,(H,21,22);1H. The van der Waals surface area contributed by atoms with Crippen LogP contribution in [0.4, 0.5) is 8.78 Å². The molecule has 2 unspecified atom stereocenters. The van der Waals surface area contributed by atoms with E-state index < -0.39 is 36.9 Å². The number of amides is 1. The van der Waals surface area contributed by atoms with E-state index in [1.807, 2.05) is 30.3 Å². The van der Waals surface area contributed by atoms with Gasteiger partial charge in [0.05, 0.1) is 18.8 Å². The second-order valence-corrected chi connectivity index (χ2v) is 5.65. The molecule has 0 aliphatic carbocycles. The van der Waals surface area contributed by atoms with Gasteiger partial charge in [-0.15, -0.1) is 12.4 Å². The summed E-state index contributed by atoms with van der Waals surface area (Å²) >= 11 is 0. The molecule has 2 aromatic rings. The number of alkyl halides is 2. The first-order valence-electron chi connectivity index (χ1n) is 7.37. The summed E-state index contributed by atoms with van der Waals surface area (Å²) < 4.78 is 31.9. The number of carbonyl (C=O) groups excluding carboxylic acids is 1. The first-order valence-corrected chi connectivity index (χ1v) is 7.37. The van der Waals surface area contributed by atoms with Gasteiger partial charge in [0, 0.05) is 12.0 Å². The number of oxazole rings is 1. The van der Waals surface area contributed by atoms with E-state index in [0.29, 0.717) is 11.7 Å². The Morgan fingerprint density at radius 1 is 1.42 bits per heavy atom. The maximum Gasteiger partial charge on any atom is 0.262 e. The van der Waals surface area contributed by atoms with Crippen LogP contribution in [0.3, 0.4) is 0 Å². The minimum Gasteiger partial charge on any atom is -0.438 e. The zero-order valence-electron chi connectivity index (χ0n) is 13.0. The molecule has 0 radical (unpaired) electrons. The fourth-order valence-electron chi connectivity index (χ4n) is 2.50. The molecule has 2 heterocycles. The van der Waals surface area contributed by atoms with E-state index in [2.05, 4.69) is 15.6 Å². The maximum absolute atomic E-state index is 13.1. The summed E-state index contributed by atoms with van der Waals surface area (Å²) in [6, 6.07) is 8.04. The fraction of sp³-hybridized carbons (Fsp3) is 0.375. The van der Waals surface area contributed by atoms with Crippen molar-refractivity contribution in [2.75, 3.05) is 6.54 Å². The van der Waals surface area contributed by atoms with Gasteiger partial charge in [-0.1, -0.05) is 30.3 Å². The molecule has 2 atom stereocenters. The molecule has 0 saturated carbocycles. The number of benzene rings is 1. The molecule has 1 aromatic carbocycles. The Bertz CT molecular complexity index is 694. The molecule has 1 fully saturated rings. The molecule has 2 N–H and O–H groups in total. The molecular formula is C16H18ClF2N3O2. The van der Waals surface area contributed by atoms with Crippen LogP contribution in [0.1, 0.15) is 25.3 Å². The lowest BCUT2D eigenvalue weighted by Gasteiger charge is -2.14. The molecule has 24 heavy (non-hydrogen) atoms. The average molecular weight is 358 g/mol. The summed E-state index contributed by atoms with van der Waals surface area (Å²) in [6.45, 7) is 1.22. The van der Waals surface area contributed by atoms with E-state index in [-0.39, 0.29) is 12.4 Å². The SMILES string of the molecule is CC(NC(=O)C1CC(F)(F)CN1)c1ncc(-c2ccccc2)o1.Cl. The molecule has 8 heteroatoms. The van der Waals surface area contributed by atoms with Gasteiger partial charge in [0.15, 0.2) is 5.76 Å². The van der Waals surface area contributed by atoms with Crippen molar-refractivity contribution < 1.29 is 18.0 Å². The molecule has 5 nitrogen and oxygen atoms in total. The average Bonchev–Trinajstić information content (AvgIpc) is 3.15. The second-order valence-electron chi connectivity index (χ2n) is 5.65. The van der Waals surface area contributed by atoms with Gasteiger partial charge in [-0.25, -0.2) is 13.8 Å². The van der Waals surface area contributed by atoms with Crippen LogP contribution in [0.5, 0.6) is 0 Å². The highest BCUT2D eigenvalue weighted by Crippen LogP contribution is 2.26. The van der Waals surface area contributed by atoms with E-state index in [1.54, 1.807) is 13.1 Å². The van der Waals surface area contributed by atoms with E-state index in [4.69, 9.17) is 4.42 Å². The summed E-state index contributed by atoms with van der Waals surface area (Å²) in [6.07, 6.45) is 1.09. The number of nitrogens with zero attached hydrogens (tertiary/aromatic N) is 1. The maximum atomic E-state index is 13.1. The van der Waals surface area contributed by atoms with Crippen LogP contribution < -0.4 is 10.6 Å². The van der Waals surface area contributed by atoms with Crippen LogP contribution >= 0.6 is 12.4 Å².